The minimum absolute atomic E-state index is 0.0516. The first-order chi connectivity index (χ1) is 10.1. The molecule has 1 amide bonds. The molecule has 0 unspecified atom stereocenters. The Balaban J connectivity index is 1.45. The summed E-state index contributed by atoms with van der Waals surface area (Å²) in [7, 11) is 0. The number of aromatic carboxylic acids is 1. The van der Waals surface area contributed by atoms with Gasteiger partial charge in [-0.25, -0.2) is 9.78 Å². The van der Waals surface area contributed by atoms with Crippen molar-refractivity contribution in [2.75, 3.05) is 0 Å². The molecule has 0 bridgehead atoms. The predicted molar refractivity (Wildman–Crippen MR) is 79.1 cm³/mol. The molecular formula is C15H20N2O3S. The van der Waals surface area contributed by atoms with Crippen LogP contribution >= 0.6 is 11.3 Å². The van der Waals surface area contributed by atoms with E-state index >= 15 is 0 Å². The Hall–Kier alpha value is -1.43. The van der Waals surface area contributed by atoms with Gasteiger partial charge in [0.2, 0.25) is 5.91 Å². The van der Waals surface area contributed by atoms with Crippen LogP contribution in [0.4, 0.5) is 0 Å². The van der Waals surface area contributed by atoms with Crippen molar-refractivity contribution in [2.45, 2.75) is 45.1 Å². The zero-order valence-corrected chi connectivity index (χ0v) is 12.7. The first-order valence-corrected chi connectivity index (χ1v) is 8.48. The maximum atomic E-state index is 12.1. The second-order valence-electron chi connectivity index (χ2n) is 6.05. The van der Waals surface area contributed by atoms with Crippen LogP contribution in [0, 0.1) is 17.8 Å². The van der Waals surface area contributed by atoms with E-state index < -0.39 is 5.97 Å². The van der Waals surface area contributed by atoms with Gasteiger partial charge >= 0.3 is 5.97 Å². The van der Waals surface area contributed by atoms with Crippen molar-refractivity contribution in [1.29, 1.82) is 0 Å². The molecule has 1 heterocycles. The fraction of sp³-hybridized carbons (Fsp3) is 0.667. The molecule has 0 spiro atoms. The van der Waals surface area contributed by atoms with Crippen LogP contribution in [0.25, 0.3) is 0 Å². The van der Waals surface area contributed by atoms with E-state index in [1.54, 1.807) is 0 Å². The van der Waals surface area contributed by atoms with Crippen LogP contribution in [0.2, 0.25) is 0 Å². The van der Waals surface area contributed by atoms with Gasteiger partial charge in [-0.1, -0.05) is 32.1 Å². The number of aromatic nitrogens is 1. The van der Waals surface area contributed by atoms with Gasteiger partial charge in [0.15, 0.2) is 5.69 Å². The second-order valence-corrected chi connectivity index (χ2v) is 7.00. The zero-order chi connectivity index (χ0) is 14.8. The molecule has 0 aromatic carbocycles. The lowest BCUT2D eigenvalue weighted by atomic mass is 9.85. The smallest absolute Gasteiger partial charge is 0.355 e. The number of hydrogen-bond donors (Lipinski definition) is 2. The third-order valence-corrected chi connectivity index (χ3v) is 5.47. The predicted octanol–water partition coefficient (Wildman–Crippen LogP) is 2.67. The molecule has 0 saturated heterocycles. The van der Waals surface area contributed by atoms with Crippen molar-refractivity contribution in [3.8, 4) is 0 Å². The minimum atomic E-state index is -1.02. The average molecular weight is 308 g/mol. The molecule has 0 aliphatic heterocycles. The highest BCUT2D eigenvalue weighted by atomic mass is 32.1. The molecule has 21 heavy (non-hydrogen) atoms. The first kappa shape index (κ1) is 14.5. The van der Waals surface area contributed by atoms with Gasteiger partial charge < -0.3 is 10.4 Å². The van der Waals surface area contributed by atoms with Crippen LogP contribution in [0.5, 0.6) is 0 Å². The fourth-order valence-electron chi connectivity index (χ4n) is 3.38. The normalized spacial score (nSPS) is 25.5. The third kappa shape index (κ3) is 3.43. The SMILES string of the molecule is O=C(O)c1csc(CNC(=O)[C@H]2C[C@@H]2C2CCCCC2)n1. The molecule has 2 atom stereocenters. The van der Waals surface area contributed by atoms with Crippen LogP contribution in [0.1, 0.15) is 54.0 Å². The molecule has 6 heteroatoms. The lowest BCUT2D eigenvalue weighted by molar-refractivity contribution is -0.123. The maximum absolute atomic E-state index is 12.1. The number of carboxylic acid groups (broad SMARTS) is 1. The summed E-state index contributed by atoms with van der Waals surface area (Å²) in [6.07, 6.45) is 7.55. The van der Waals surface area contributed by atoms with E-state index in [9.17, 15) is 9.59 Å². The zero-order valence-electron chi connectivity index (χ0n) is 11.9. The Morgan fingerprint density at radius 3 is 2.76 bits per heavy atom. The summed E-state index contributed by atoms with van der Waals surface area (Å²) < 4.78 is 0. The number of amides is 1. The van der Waals surface area contributed by atoms with Crippen molar-refractivity contribution < 1.29 is 14.7 Å². The lowest BCUT2D eigenvalue weighted by Gasteiger charge is -2.21. The molecule has 2 fully saturated rings. The van der Waals surface area contributed by atoms with E-state index in [-0.39, 0.29) is 17.5 Å². The molecule has 1 aromatic heterocycles. The maximum Gasteiger partial charge on any atom is 0.355 e. The quantitative estimate of drug-likeness (QED) is 0.876. The minimum Gasteiger partial charge on any atom is -0.476 e. The number of thiazole rings is 1. The molecule has 5 nitrogen and oxygen atoms in total. The second kappa shape index (κ2) is 6.13. The first-order valence-electron chi connectivity index (χ1n) is 7.60. The van der Waals surface area contributed by atoms with Crippen molar-refractivity contribution in [1.82, 2.24) is 10.3 Å². The van der Waals surface area contributed by atoms with Gasteiger partial charge in [0, 0.05) is 11.3 Å². The largest absolute Gasteiger partial charge is 0.476 e. The Kier molecular flexibility index (Phi) is 4.24. The molecule has 3 rings (SSSR count). The Labute approximate surface area is 127 Å². The summed E-state index contributed by atoms with van der Waals surface area (Å²) in [6.45, 7) is 0.338. The molecule has 1 aromatic rings. The standard InChI is InChI=1S/C15H20N2O3S/c18-14(11-6-10(11)9-4-2-1-3-5-9)16-7-13-17-12(8-21-13)15(19)20/h8-11H,1-7H2,(H,16,18)(H,19,20)/t10-,11+/m1/s1. The van der Waals surface area contributed by atoms with E-state index in [2.05, 4.69) is 10.3 Å². The number of carbonyl (C=O) groups excluding carboxylic acids is 1. The molecular weight excluding hydrogens is 288 g/mol. The van der Waals surface area contributed by atoms with Gasteiger partial charge in [-0.05, 0) is 18.3 Å². The van der Waals surface area contributed by atoms with Crippen LogP contribution in [-0.2, 0) is 11.3 Å². The topological polar surface area (TPSA) is 79.3 Å². The summed E-state index contributed by atoms with van der Waals surface area (Å²) in [5, 5.41) is 13.9. The highest BCUT2D eigenvalue weighted by Gasteiger charge is 2.47. The molecule has 2 N–H and O–H groups in total. The van der Waals surface area contributed by atoms with E-state index in [4.69, 9.17) is 5.11 Å². The number of carboxylic acids is 1. The summed E-state index contributed by atoms with van der Waals surface area (Å²) >= 11 is 1.27. The van der Waals surface area contributed by atoms with Crippen molar-refractivity contribution in [2.24, 2.45) is 17.8 Å². The number of rotatable bonds is 5. The number of carbonyl (C=O) groups is 2. The van der Waals surface area contributed by atoms with Gasteiger partial charge in [-0.3, -0.25) is 4.79 Å². The molecule has 2 aliphatic rings. The average Bonchev–Trinajstić information content (AvgIpc) is 3.15. The van der Waals surface area contributed by atoms with Crippen LogP contribution in [0.15, 0.2) is 5.38 Å². The Bertz CT molecular complexity index is 537. The molecule has 114 valence electrons. The lowest BCUT2D eigenvalue weighted by Crippen LogP contribution is -2.26. The van der Waals surface area contributed by atoms with Crippen molar-refractivity contribution >= 4 is 23.2 Å². The highest BCUT2D eigenvalue weighted by Crippen LogP contribution is 2.49. The van der Waals surface area contributed by atoms with Crippen LogP contribution in [-0.4, -0.2) is 22.0 Å². The van der Waals surface area contributed by atoms with Crippen molar-refractivity contribution in [3.63, 3.8) is 0 Å². The van der Waals surface area contributed by atoms with Gasteiger partial charge in [0.25, 0.3) is 0 Å². The summed E-state index contributed by atoms with van der Waals surface area (Å²) in [6, 6.07) is 0. The van der Waals surface area contributed by atoms with E-state index in [1.165, 1.54) is 48.8 Å². The van der Waals surface area contributed by atoms with Gasteiger partial charge in [0.05, 0.1) is 6.54 Å². The van der Waals surface area contributed by atoms with Gasteiger partial charge in [0.1, 0.15) is 5.01 Å². The number of nitrogens with one attached hydrogen (secondary N) is 1. The number of nitrogens with zero attached hydrogens (tertiary/aromatic N) is 1. The van der Waals surface area contributed by atoms with E-state index in [1.807, 2.05) is 0 Å². The van der Waals surface area contributed by atoms with Crippen molar-refractivity contribution in [3.05, 3.63) is 16.1 Å². The third-order valence-electron chi connectivity index (χ3n) is 4.62. The molecule has 0 radical (unpaired) electrons. The van der Waals surface area contributed by atoms with Crippen LogP contribution in [0.3, 0.4) is 0 Å². The molecule has 2 saturated carbocycles. The van der Waals surface area contributed by atoms with Gasteiger partial charge in [-0.15, -0.1) is 11.3 Å². The monoisotopic (exact) mass is 308 g/mol. The van der Waals surface area contributed by atoms with Gasteiger partial charge in [-0.2, -0.15) is 0 Å². The summed E-state index contributed by atoms with van der Waals surface area (Å²) in [5.74, 6) is 0.581. The van der Waals surface area contributed by atoms with E-state index in [0.29, 0.717) is 17.5 Å². The Morgan fingerprint density at radius 1 is 1.33 bits per heavy atom. The van der Waals surface area contributed by atoms with Crippen LogP contribution < -0.4 is 5.32 Å². The summed E-state index contributed by atoms with van der Waals surface area (Å²) in [5.41, 5.74) is 0.0516. The Morgan fingerprint density at radius 2 is 2.10 bits per heavy atom. The summed E-state index contributed by atoms with van der Waals surface area (Å²) in [4.78, 5) is 26.8. The fourth-order valence-corrected chi connectivity index (χ4v) is 4.09. The number of hydrogen-bond acceptors (Lipinski definition) is 4. The molecule has 2 aliphatic carbocycles. The van der Waals surface area contributed by atoms with E-state index in [0.717, 1.165) is 12.3 Å². The highest BCUT2D eigenvalue weighted by molar-refractivity contribution is 7.09.